The number of carbonyl (C=O) groups excluding carboxylic acids is 1. The van der Waals surface area contributed by atoms with Gasteiger partial charge in [-0.25, -0.2) is 9.48 Å². The number of hydrogen-bond donors (Lipinski definition) is 1. The Bertz CT molecular complexity index is 1050. The summed E-state index contributed by atoms with van der Waals surface area (Å²) in [7, 11) is 1.63. The molecule has 9 heteroatoms. The average Bonchev–Trinajstić information content (AvgIpc) is 3.25. The Morgan fingerprint density at radius 1 is 1.17 bits per heavy atom. The molecule has 0 fully saturated rings. The molecule has 2 heterocycles. The smallest absolute Gasteiger partial charge is 0.338 e. The Hall–Kier alpha value is -2.68. The lowest BCUT2D eigenvalue weighted by Gasteiger charge is -2.28. The van der Waals surface area contributed by atoms with Crippen LogP contribution in [0.25, 0.3) is 0 Å². The molecule has 1 aliphatic heterocycles. The molecule has 0 amide bonds. The van der Waals surface area contributed by atoms with Crippen LogP contribution in [-0.4, -0.2) is 46.8 Å². The van der Waals surface area contributed by atoms with Gasteiger partial charge in [0.2, 0.25) is 11.1 Å². The highest BCUT2D eigenvalue weighted by molar-refractivity contribution is 7.99. The van der Waals surface area contributed by atoms with Crippen LogP contribution in [0.1, 0.15) is 78.3 Å². The average molecular weight is 517 g/mol. The predicted octanol–water partition coefficient (Wildman–Crippen LogP) is 6.24. The van der Waals surface area contributed by atoms with Crippen molar-refractivity contribution in [3.05, 3.63) is 35.0 Å². The van der Waals surface area contributed by atoms with E-state index in [0.717, 1.165) is 43.4 Å². The summed E-state index contributed by atoms with van der Waals surface area (Å²) >= 11 is 1.62. The molecule has 1 atom stereocenters. The van der Waals surface area contributed by atoms with E-state index in [1.54, 1.807) is 23.6 Å². The summed E-state index contributed by atoms with van der Waals surface area (Å²) in [5.41, 5.74) is 2.08. The molecule has 36 heavy (non-hydrogen) atoms. The van der Waals surface area contributed by atoms with Crippen molar-refractivity contribution in [3.63, 3.8) is 0 Å². The quantitative estimate of drug-likeness (QED) is 0.179. The molecule has 1 unspecified atom stereocenters. The first-order valence-corrected chi connectivity index (χ1v) is 13.9. The number of anilines is 1. The third kappa shape index (κ3) is 6.96. The standard InChI is InChI=1S/C27H40N4O4S/c1-7-9-14-35-25(32)23-19(5)28-26-29-27(36-16-10-8-2)30-31(26)24(23)20-11-12-21(22(17-20)33-6)34-15-13-18(3)4/h11-12,17-18,24H,7-10,13-16H2,1-6H3,(H,28,29,30). The molecule has 0 saturated heterocycles. The molecule has 0 bridgehead atoms. The van der Waals surface area contributed by atoms with Crippen molar-refractivity contribution in [3.8, 4) is 11.5 Å². The fourth-order valence-corrected chi connectivity index (χ4v) is 4.75. The maximum absolute atomic E-state index is 13.3. The highest BCUT2D eigenvalue weighted by atomic mass is 32.2. The van der Waals surface area contributed by atoms with Gasteiger partial charge in [-0.3, -0.25) is 0 Å². The van der Waals surface area contributed by atoms with Gasteiger partial charge in [0.05, 0.1) is 25.9 Å². The number of esters is 1. The Morgan fingerprint density at radius 3 is 2.64 bits per heavy atom. The van der Waals surface area contributed by atoms with Crippen LogP contribution in [-0.2, 0) is 9.53 Å². The lowest BCUT2D eigenvalue weighted by atomic mass is 9.95. The Labute approximate surface area is 219 Å². The first kappa shape index (κ1) is 27.9. The second kappa shape index (κ2) is 13.6. The Morgan fingerprint density at radius 2 is 1.94 bits per heavy atom. The molecule has 198 valence electrons. The lowest BCUT2D eigenvalue weighted by Crippen LogP contribution is -2.29. The van der Waals surface area contributed by atoms with Gasteiger partial charge in [0.25, 0.3) is 0 Å². The van der Waals surface area contributed by atoms with Crippen LogP contribution in [0.4, 0.5) is 5.95 Å². The summed E-state index contributed by atoms with van der Waals surface area (Å²) in [4.78, 5) is 18.0. The number of thioether (sulfide) groups is 1. The zero-order valence-corrected chi connectivity index (χ0v) is 23.2. The number of hydrogen-bond acceptors (Lipinski definition) is 8. The molecule has 3 rings (SSSR count). The maximum atomic E-state index is 13.3. The number of fused-ring (bicyclic) bond motifs is 1. The van der Waals surface area contributed by atoms with Crippen LogP contribution in [0.2, 0.25) is 0 Å². The number of aromatic nitrogens is 3. The molecule has 0 saturated carbocycles. The fourth-order valence-electron chi connectivity index (χ4n) is 3.84. The van der Waals surface area contributed by atoms with Crippen molar-refractivity contribution in [2.75, 3.05) is 31.4 Å². The van der Waals surface area contributed by atoms with Gasteiger partial charge >= 0.3 is 5.97 Å². The molecule has 8 nitrogen and oxygen atoms in total. The van der Waals surface area contributed by atoms with Crippen molar-refractivity contribution in [1.29, 1.82) is 0 Å². The largest absolute Gasteiger partial charge is 0.493 e. The van der Waals surface area contributed by atoms with Crippen LogP contribution < -0.4 is 14.8 Å². The zero-order chi connectivity index (χ0) is 26.1. The third-order valence-electron chi connectivity index (χ3n) is 5.97. The summed E-state index contributed by atoms with van der Waals surface area (Å²) < 4.78 is 19.1. The van der Waals surface area contributed by atoms with Gasteiger partial charge in [0, 0.05) is 11.4 Å². The summed E-state index contributed by atoms with van der Waals surface area (Å²) in [6, 6.07) is 5.29. The monoisotopic (exact) mass is 516 g/mol. The van der Waals surface area contributed by atoms with E-state index in [-0.39, 0.29) is 5.97 Å². The summed E-state index contributed by atoms with van der Waals surface area (Å²) in [5.74, 6) is 3.05. The van der Waals surface area contributed by atoms with E-state index in [9.17, 15) is 4.79 Å². The third-order valence-corrected chi connectivity index (χ3v) is 6.89. The van der Waals surface area contributed by atoms with Crippen LogP contribution in [0.3, 0.4) is 0 Å². The second-order valence-corrected chi connectivity index (χ2v) is 10.4. The minimum atomic E-state index is -0.498. The van der Waals surface area contributed by atoms with Gasteiger partial charge in [-0.2, -0.15) is 4.98 Å². The highest BCUT2D eigenvalue weighted by Crippen LogP contribution is 2.40. The van der Waals surface area contributed by atoms with Gasteiger partial charge in [-0.1, -0.05) is 58.4 Å². The predicted molar refractivity (Wildman–Crippen MR) is 144 cm³/mol. The molecule has 1 aromatic carbocycles. The first-order chi connectivity index (χ1) is 17.4. The number of unbranched alkanes of at least 4 members (excludes halogenated alkanes) is 2. The molecule has 2 aromatic rings. The van der Waals surface area contributed by atoms with Gasteiger partial charge in [0.15, 0.2) is 11.5 Å². The number of allylic oxidation sites excluding steroid dienone is 1. The van der Waals surface area contributed by atoms with Crippen molar-refractivity contribution in [1.82, 2.24) is 14.8 Å². The Balaban J connectivity index is 1.98. The number of benzene rings is 1. The van der Waals surface area contributed by atoms with E-state index in [4.69, 9.17) is 24.3 Å². The summed E-state index contributed by atoms with van der Waals surface area (Å²) in [6.45, 7) is 11.4. The number of nitrogens with zero attached hydrogens (tertiary/aromatic N) is 3. The van der Waals surface area contributed by atoms with Crippen molar-refractivity contribution >= 4 is 23.7 Å². The van der Waals surface area contributed by atoms with Crippen molar-refractivity contribution in [2.45, 2.75) is 77.9 Å². The molecule has 1 aromatic heterocycles. The fraction of sp³-hybridized carbons (Fsp3) is 0.593. The van der Waals surface area contributed by atoms with E-state index < -0.39 is 6.04 Å². The highest BCUT2D eigenvalue weighted by Gasteiger charge is 2.35. The lowest BCUT2D eigenvalue weighted by molar-refractivity contribution is -0.139. The molecular weight excluding hydrogens is 476 g/mol. The van der Waals surface area contributed by atoms with Crippen LogP contribution in [0.5, 0.6) is 11.5 Å². The number of carbonyl (C=O) groups is 1. The SMILES string of the molecule is CCCCOC(=O)C1=C(C)Nc2nc(SCCCC)nn2C1c1ccc(OCCC(C)C)c(OC)c1. The van der Waals surface area contributed by atoms with Crippen molar-refractivity contribution in [2.24, 2.45) is 5.92 Å². The van der Waals surface area contributed by atoms with Gasteiger partial charge in [-0.05, 0) is 49.8 Å². The number of rotatable bonds is 14. The molecule has 0 spiro atoms. The van der Waals surface area contributed by atoms with E-state index >= 15 is 0 Å². The molecule has 1 aliphatic rings. The maximum Gasteiger partial charge on any atom is 0.338 e. The minimum Gasteiger partial charge on any atom is -0.493 e. The second-order valence-electron chi connectivity index (χ2n) is 9.36. The molecule has 1 N–H and O–H groups in total. The normalized spacial score (nSPS) is 15.0. The van der Waals surface area contributed by atoms with Crippen LogP contribution >= 0.6 is 11.8 Å². The van der Waals surface area contributed by atoms with Gasteiger partial charge < -0.3 is 19.5 Å². The number of methoxy groups -OCH3 is 1. The van der Waals surface area contributed by atoms with Gasteiger partial charge in [-0.15, -0.1) is 5.10 Å². The summed E-state index contributed by atoms with van der Waals surface area (Å²) in [6.07, 6.45) is 4.93. The Kier molecular flexibility index (Phi) is 10.5. The molecular formula is C27H40N4O4S. The van der Waals surface area contributed by atoms with Gasteiger partial charge in [0.1, 0.15) is 6.04 Å². The minimum absolute atomic E-state index is 0.351. The zero-order valence-electron chi connectivity index (χ0n) is 22.4. The van der Waals surface area contributed by atoms with Crippen molar-refractivity contribution < 1.29 is 19.0 Å². The topological polar surface area (TPSA) is 87.5 Å². The number of nitrogens with one attached hydrogen (secondary N) is 1. The first-order valence-electron chi connectivity index (χ1n) is 12.9. The summed E-state index contributed by atoms with van der Waals surface area (Å²) in [5, 5.41) is 8.74. The van der Waals surface area contributed by atoms with E-state index in [0.29, 0.717) is 53.0 Å². The van der Waals surface area contributed by atoms with E-state index in [2.05, 4.69) is 33.0 Å². The van der Waals surface area contributed by atoms with E-state index in [1.165, 1.54) is 0 Å². The number of ether oxygens (including phenoxy) is 3. The van der Waals surface area contributed by atoms with E-state index in [1.807, 2.05) is 25.1 Å². The molecule has 0 radical (unpaired) electrons. The van der Waals surface area contributed by atoms with Crippen LogP contribution in [0, 0.1) is 5.92 Å². The van der Waals surface area contributed by atoms with Crippen LogP contribution in [0.15, 0.2) is 34.6 Å². The molecule has 0 aliphatic carbocycles.